The monoisotopic (exact) mass is 348 g/mol. The quantitative estimate of drug-likeness (QED) is 0.731. The summed E-state index contributed by atoms with van der Waals surface area (Å²) in [6, 6.07) is 13.0. The number of carboxylic acid groups (broad SMARTS) is 1. The maximum absolute atomic E-state index is 11.1. The second-order valence-corrected chi connectivity index (χ2v) is 5.78. The van der Waals surface area contributed by atoms with Gasteiger partial charge in [0.15, 0.2) is 0 Å². The molecule has 0 unspecified atom stereocenters. The fourth-order valence-electron chi connectivity index (χ4n) is 1.88. The molecule has 1 aromatic heterocycles. The van der Waals surface area contributed by atoms with Gasteiger partial charge < -0.3 is 10.4 Å². The number of hydrogen-bond acceptors (Lipinski definition) is 4. The molecule has 100 valence electrons. The number of halogens is 1. The van der Waals surface area contributed by atoms with Crippen LogP contribution in [0.5, 0.6) is 0 Å². The van der Waals surface area contributed by atoms with E-state index < -0.39 is 5.97 Å². The molecule has 0 aliphatic rings. The van der Waals surface area contributed by atoms with Crippen molar-refractivity contribution in [3.8, 4) is 0 Å². The summed E-state index contributed by atoms with van der Waals surface area (Å²) < 4.78 is 4.90. The van der Waals surface area contributed by atoms with E-state index in [9.17, 15) is 4.79 Å². The Balaban J connectivity index is 1.99. The Morgan fingerprint density at radius 1 is 1.25 bits per heavy atom. The normalized spacial score (nSPS) is 10.7. The number of carboxylic acids is 1. The number of aromatic carboxylic acids is 1. The zero-order chi connectivity index (χ0) is 14.1. The first kappa shape index (κ1) is 13.1. The molecule has 0 aliphatic carbocycles. The summed E-state index contributed by atoms with van der Waals surface area (Å²) in [5, 5.41) is 14.3. The van der Waals surface area contributed by atoms with Crippen molar-refractivity contribution in [1.82, 2.24) is 4.37 Å². The van der Waals surface area contributed by atoms with Crippen molar-refractivity contribution < 1.29 is 9.90 Å². The van der Waals surface area contributed by atoms with Gasteiger partial charge in [0.1, 0.15) is 5.00 Å². The standard InChI is InChI=1S/C14H9BrN2O2S/c15-11-6-5-8(7-10(11)14(18)19)16-13-9-3-1-2-4-12(9)17-20-13/h1-7,16H,(H,18,19). The molecular formula is C14H9BrN2O2S. The summed E-state index contributed by atoms with van der Waals surface area (Å²) in [6.07, 6.45) is 0. The molecule has 0 spiro atoms. The highest BCUT2D eigenvalue weighted by molar-refractivity contribution is 9.10. The number of nitrogens with zero attached hydrogens (tertiary/aromatic N) is 1. The number of anilines is 2. The van der Waals surface area contributed by atoms with Crippen LogP contribution in [0.2, 0.25) is 0 Å². The predicted octanol–water partition coefficient (Wildman–Crippen LogP) is 4.50. The lowest BCUT2D eigenvalue weighted by Crippen LogP contribution is -1.99. The number of hydrogen-bond donors (Lipinski definition) is 2. The largest absolute Gasteiger partial charge is 0.478 e. The lowest BCUT2D eigenvalue weighted by molar-refractivity contribution is 0.0696. The lowest BCUT2D eigenvalue weighted by atomic mass is 10.2. The zero-order valence-corrected chi connectivity index (χ0v) is 12.5. The van der Waals surface area contributed by atoms with Gasteiger partial charge in [-0.3, -0.25) is 0 Å². The molecule has 0 fully saturated rings. The summed E-state index contributed by atoms with van der Waals surface area (Å²) in [5.41, 5.74) is 1.87. The van der Waals surface area contributed by atoms with E-state index in [2.05, 4.69) is 25.6 Å². The fraction of sp³-hybridized carbons (Fsp3) is 0. The molecule has 0 bridgehead atoms. The number of benzene rings is 2. The van der Waals surface area contributed by atoms with Gasteiger partial charge in [-0.15, -0.1) is 0 Å². The van der Waals surface area contributed by atoms with Crippen molar-refractivity contribution in [2.24, 2.45) is 0 Å². The molecule has 0 aliphatic heterocycles. The van der Waals surface area contributed by atoms with Crippen molar-refractivity contribution in [2.75, 3.05) is 5.32 Å². The third kappa shape index (κ3) is 2.39. The van der Waals surface area contributed by atoms with Crippen molar-refractivity contribution in [3.63, 3.8) is 0 Å². The highest BCUT2D eigenvalue weighted by Gasteiger charge is 2.10. The average Bonchev–Trinajstić information content (AvgIpc) is 2.84. The van der Waals surface area contributed by atoms with Crippen LogP contribution >= 0.6 is 27.5 Å². The van der Waals surface area contributed by atoms with Crippen molar-refractivity contribution in [1.29, 1.82) is 0 Å². The molecule has 2 aromatic carbocycles. The number of nitrogens with one attached hydrogen (secondary N) is 1. The van der Waals surface area contributed by atoms with Gasteiger partial charge >= 0.3 is 5.97 Å². The number of aromatic nitrogens is 1. The van der Waals surface area contributed by atoms with Gasteiger partial charge in [0.25, 0.3) is 0 Å². The van der Waals surface area contributed by atoms with E-state index in [4.69, 9.17) is 5.11 Å². The van der Waals surface area contributed by atoms with Crippen LogP contribution in [0.25, 0.3) is 10.9 Å². The summed E-state index contributed by atoms with van der Waals surface area (Å²) >= 11 is 4.59. The van der Waals surface area contributed by atoms with E-state index in [1.165, 1.54) is 11.5 Å². The highest BCUT2D eigenvalue weighted by atomic mass is 79.9. The smallest absolute Gasteiger partial charge is 0.336 e. The molecule has 2 N–H and O–H groups in total. The second kappa shape index (κ2) is 5.22. The topological polar surface area (TPSA) is 62.2 Å². The fourth-order valence-corrected chi connectivity index (χ4v) is 3.08. The predicted molar refractivity (Wildman–Crippen MR) is 84.0 cm³/mol. The molecular weight excluding hydrogens is 340 g/mol. The first-order chi connectivity index (χ1) is 9.65. The molecule has 0 amide bonds. The molecule has 0 atom stereocenters. The SMILES string of the molecule is O=C(O)c1cc(Nc2snc3ccccc23)ccc1Br. The highest BCUT2D eigenvalue weighted by Crippen LogP contribution is 2.31. The molecule has 1 heterocycles. The number of carbonyl (C=O) groups is 1. The molecule has 3 rings (SSSR count). The lowest BCUT2D eigenvalue weighted by Gasteiger charge is -2.06. The maximum Gasteiger partial charge on any atom is 0.336 e. The molecule has 4 nitrogen and oxygen atoms in total. The summed E-state index contributed by atoms with van der Waals surface area (Å²) in [4.78, 5) is 11.1. The summed E-state index contributed by atoms with van der Waals surface area (Å²) in [5.74, 6) is -0.963. The van der Waals surface area contributed by atoms with Gasteiger partial charge in [0, 0.05) is 15.5 Å². The molecule has 6 heteroatoms. The molecule has 0 saturated carbocycles. The number of rotatable bonds is 3. The van der Waals surface area contributed by atoms with Gasteiger partial charge in [0.2, 0.25) is 0 Å². The van der Waals surface area contributed by atoms with E-state index in [-0.39, 0.29) is 5.56 Å². The van der Waals surface area contributed by atoms with Crippen LogP contribution in [-0.4, -0.2) is 15.4 Å². The van der Waals surface area contributed by atoms with E-state index >= 15 is 0 Å². The van der Waals surface area contributed by atoms with Crippen LogP contribution in [0.4, 0.5) is 10.7 Å². The van der Waals surface area contributed by atoms with Crippen LogP contribution in [0.15, 0.2) is 46.9 Å². The molecule has 20 heavy (non-hydrogen) atoms. The van der Waals surface area contributed by atoms with Gasteiger partial charge in [0.05, 0.1) is 11.1 Å². The molecule has 3 aromatic rings. The summed E-state index contributed by atoms with van der Waals surface area (Å²) in [6.45, 7) is 0. The Morgan fingerprint density at radius 2 is 2.05 bits per heavy atom. The molecule has 0 radical (unpaired) electrons. The van der Waals surface area contributed by atoms with Gasteiger partial charge in [-0.05, 0) is 57.8 Å². The van der Waals surface area contributed by atoms with E-state index in [0.29, 0.717) is 4.47 Å². The van der Waals surface area contributed by atoms with Crippen LogP contribution < -0.4 is 5.32 Å². The third-order valence-corrected chi connectivity index (χ3v) is 4.32. The Morgan fingerprint density at radius 3 is 2.85 bits per heavy atom. The van der Waals surface area contributed by atoms with E-state index in [1.54, 1.807) is 12.1 Å². The minimum atomic E-state index is -0.963. The van der Waals surface area contributed by atoms with Crippen molar-refractivity contribution in [2.45, 2.75) is 0 Å². The minimum Gasteiger partial charge on any atom is -0.478 e. The Labute approximate surface area is 127 Å². The zero-order valence-electron chi connectivity index (χ0n) is 10.1. The Hall–Kier alpha value is -1.92. The second-order valence-electron chi connectivity index (χ2n) is 4.15. The summed E-state index contributed by atoms with van der Waals surface area (Å²) in [7, 11) is 0. The van der Waals surface area contributed by atoms with Gasteiger partial charge in [-0.1, -0.05) is 12.1 Å². The Bertz CT molecular complexity index is 801. The third-order valence-electron chi connectivity index (χ3n) is 2.84. The van der Waals surface area contributed by atoms with Crippen LogP contribution in [0.3, 0.4) is 0 Å². The van der Waals surface area contributed by atoms with Crippen molar-refractivity contribution in [3.05, 3.63) is 52.5 Å². The first-order valence-corrected chi connectivity index (χ1v) is 7.36. The van der Waals surface area contributed by atoms with Crippen LogP contribution in [0, 0.1) is 0 Å². The Kier molecular flexibility index (Phi) is 3.42. The number of fused-ring (bicyclic) bond motifs is 1. The maximum atomic E-state index is 11.1. The van der Waals surface area contributed by atoms with E-state index in [0.717, 1.165) is 21.6 Å². The van der Waals surface area contributed by atoms with Crippen LogP contribution in [-0.2, 0) is 0 Å². The van der Waals surface area contributed by atoms with E-state index in [1.807, 2.05) is 30.3 Å². The van der Waals surface area contributed by atoms with Gasteiger partial charge in [-0.2, -0.15) is 4.37 Å². The van der Waals surface area contributed by atoms with Gasteiger partial charge in [-0.25, -0.2) is 4.79 Å². The van der Waals surface area contributed by atoms with Crippen molar-refractivity contribution >= 4 is 55.0 Å². The first-order valence-electron chi connectivity index (χ1n) is 5.79. The molecule has 0 saturated heterocycles. The van der Waals surface area contributed by atoms with Crippen LogP contribution in [0.1, 0.15) is 10.4 Å². The average molecular weight is 349 g/mol. The minimum absolute atomic E-state index is 0.226.